The second-order valence-electron chi connectivity index (χ2n) is 4.38. The van der Waals surface area contributed by atoms with Crippen molar-refractivity contribution in [1.29, 1.82) is 0 Å². The Hall–Kier alpha value is -0.930. The SMILES string of the molecule is NCc1ncccc1COC1CCCCC1. The van der Waals surface area contributed by atoms with Gasteiger partial charge in [0.2, 0.25) is 0 Å². The molecule has 3 heteroatoms. The molecule has 1 fully saturated rings. The molecule has 0 aliphatic heterocycles. The number of ether oxygens (including phenoxy) is 1. The van der Waals surface area contributed by atoms with Gasteiger partial charge in [-0.05, 0) is 18.9 Å². The third-order valence-corrected chi connectivity index (χ3v) is 3.20. The first-order chi connectivity index (χ1) is 7.90. The average Bonchev–Trinajstić information content (AvgIpc) is 2.38. The van der Waals surface area contributed by atoms with Crippen molar-refractivity contribution in [3.8, 4) is 0 Å². The Kier molecular flexibility index (Phi) is 4.31. The fraction of sp³-hybridized carbons (Fsp3) is 0.615. The Balaban J connectivity index is 1.88. The van der Waals surface area contributed by atoms with Gasteiger partial charge in [-0.1, -0.05) is 25.3 Å². The first-order valence-corrected chi connectivity index (χ1v) is 6.14. The van der Waals surface area contributed by atoms with Gasteiger partial charge in [-0.3, -0.25) is 4.98 Å². The van der Waals surface area contributed by atoms with Crippen molar-refractivity contribution in [2.45, 2.75) is 51.4 Å². The molecule has 2 N–H and O–H groups in total. The normalized spacial score (nSPS) is 17.6. The molecule has 0 amide bonds. The number of nitrogens with zero attached hydrogens (tertiary/aromatic N) is 1. The molecular weight excluding hydrogens is 200 g/mol. The molecule has 1 aliphatic carbocycles. The van der Waals surface area contributed by atoms with Crippen LogP contribution in [0, 0.1) is 0 Å². The smallest absolute Gasteiger partial charge is 0.0738 e. The molecule has 1 aliphatic rings. The van der Waals surface area contributed by atoms with Crippen LogP contribution in [0.15, 0.2) is 18.3 Å². The predicted octanol–water partition coefficient (Wildman–Crippen LogP) is 2.39. The molecule has 3 nitrogen and oxygen atoms in total. The van der Waals surface area contributed by atoms with Crippen LogP contribution in [0.4, 0.5) is 0 Å². The van der Waals surface area contributed by atoms with Gasteiger partial charge in [-0.15, -0.1) is 0 Å². The summed E-state index contributed by atoms with van der Waals surface area (Å²) in [4.78, 5) is 4.26. The molecule has 0 radical (unpaired) electrons. The third kappa shape index (κ3) is 3.03. The molecule has 1 aromatic heterocycles. The van der Waals surface area contributed by atoms with Crippen LogP contribution >= 0.6 is 0 Å². The number of aromatic nitrogens is 1. The van der Waals surface area contributed by atoms with Crippen LogP contribution < -0.4 is 5.73 Å². The Morgan fingerprint density at radius 2 is 2.12 bits per heavy atom. The standard InChI is InChI=1S/C13H20N2O/c14-9-13-11(5-4-8-15-13)10-16-12-6-2-1-3-7-12/h4-5,8,12H,1-3,6-7,9-10,14H2. The molecule has 1 saturated carbocycles. The second kappa shape index (κ2) is 5.97. The van der Waals surface area contributed by atoms with Gasteiger partial charge in [0.05, 0.1) is 18.4 Å². The molecule has 1 aromatic rings. The first-order valence-electron chi connectivity index (χ1n) is 6.14. The Morgan fingerprint density at radius 3 is 2.88 bits per heavy atom. The summed E-state index contributed by atoms with van der Waals surface area (Å²) < 4.78 is 5.92. The van der Waals surface area contributed by atoms with E-state index in [0.29, 0.717) is 19.3 Å². The fourth-order valence-electron chi connectivity index (χ4n) is 2.23. The zero-order valence-corrected chi connectivity index (χ0v) is 9.69. The summed E-state index contributed by atoms with van der Waals surface area (Å²) >= 11 is 0. The Bertz CT molecular complexity index is 321. The quantitative estimate of drug-likeness (QED) is 0.847. The monoisotopic (exact) mass is 220 g/mol. The van der Waals surface area contributed by atoms with Crippen molar-refractivity contribution in [1.82, 2.24) is 4.98 Å². The van der Waals surface area contributed by atoms with Crippen molar-refractivity contribution in [2.24, 2.45) is 5.73 Å². The van der Waals surface area contributed by atoms with E-state index in [9.17, 15) is 0 Å². The maximum absolute atomic E-state index is 5.92. The lowest BCUT2D eigenvalue weighted by molar-refractivity contribution is 0.0164. The highest BCUT2D eigenvalue weighted by Crippen LogP contribution is 2.21. The van der Waals surface area contributed by atoms with Crippen molar-refractivity contribution < 1.29 is 4.74 Å². The first kappa shape index (κ1) is 11.6. The van der Waals surface area contributed by atoms with E-state index in [1.165, 1.54) is 32.1 Å². The second-order valence-corrected chi connectivity index (χ2v) is 4.38. The molecule has 1 heterocycles. The zero-order chi connectivity index (χ0) is 11.2. The summed E-state index contributed by atoms with van der Waals surface area (Å²) in [6, 6.07) is 4.00. The summed E-state index contributed by atoms with van der Waals surface area (Å²) in [5.41, 5.74) is 7.73. The molecule has 0 aromatic carbocycles. The van der Waals surface area contributed by atoms with Crippen LogP contribution in [-0.2, 0) is 17.9 Å². The summed E-state index contributed by atoms with van der Waals surface area (Å²) in [7, 11) is 0. The highest BCUT2D eigenvalue weighted by molar-refractivity contribution is 5.18. The minimum atomic E-state index is 0.444. The van der Waals surface area contributed by atoms with E-state index in [1.807, 2.05) is 6.07 Å². The number of nitrogens with two attached hydrogens (primary N) is 1. The molecule has 0 saturated heterocycles. The van der Waals surface area contributed by atoms with Crippen molar-refractivity contribution >= 4 is 0 Å². The van der Waals surface area contributed by atoms with E-state index >= 15 is 0 Å². The topological polar surface area (TPSA) is 48.1 Å². The van der Waals surface area contributed by atoms with E-state index in [-0.39, 0.29) is 0 Å². The lowest BCUT2D eigenvalue weighted by Crippen LogP contribution is -2.17. The fourth-order valence-corrected chi connectivity index (χ4v) is 2.23. The van der Waals surface area contributed by atoms with Crippen LogP contribution in [0.3, 0.4) is 0 Å². The molecule has 88 valence electrons. The van der Waals surface area contributed by atoms with Gasteiger partial charge < -0.3 is 10.5 Å². The molecule has 2 rings (SSSR count). The van der Waals surface area contributed by atoms with Gasteiger partial charge in [-0.2, -0.15) is 0 Å². The van der Waals surface area contributed by atoms with Crippen LogP contribution in [0.1, 0.15) is 43.4 Å². The molecule has 0 bridgehead atoms. The molecule has 16 heavy (non-hydrogen) atoms. The Labute approximate surface area is 97.0 Å². The van der Waals surface area contributed by atoms with Crippen LogP contribution in [0.25, 0.3) is 0 Å². The summed E-state index contributed by atoms with van der Waals surface area (Å²) in [5.74, 6) is 0. The summed E-state index contributed by atoms with van der Waals surface area (Å²) in [6.07, 6.45) is 8.62. The van der Waals surface area contributed by atoms with Crippen molar-refractivity contribution in [3.05, 3.63) is 29.6 Å². The van der Waals surface area contributed by atoms with Crippen molar-refractivity contribution in [3.63, 3.8) is 0 Å². The van der Waals surface area contributed by atoms with E-state index in [2.05, 4.69) is 11.1 Å². The Morgan fingerprint density at radius 1 is 1.31 bits per heavy atom. The number of rotatable bonds is 4. The lowest BCUT2D eigenvalue weighted by Gasteiger charge is -2.22. The lowest BCUT2D eigenvalue weighted by atomic mass is 9.98. The largest absolute Gasteiger partial charge is 0.373 e. The maximum atomic E-state index is 5.92. The van der Waals surface area contributed by atoms with E-state index < -0.39 is 0 Å². The van der Waals surface area contributed by atoms with Crippen LogP contribution in [0.5, 0.6) is 0 Å². The number of hydrogen-bond donors (Lipinski definition) is 1. The minimum Gasteiger partial charge on any atom is -0.373 e. The third-order valence-electron chi connectivity index (χ3n) is 3.20. The van der Waals surface area contributed by atoms with E-state index in [4.69, 9.17) is 10.5 Å². The molecule has 0 spiro atoms. The maximum Gasteiger partial charge on any atom is 0.0738 e. The van der Waals surface area contributed by atoms with Gasteiger partial charge in [0, 0.05) is 18.3 Å². The van der Waals surface area contributed by atoms with Gasteiger partial charge in [0.15, 0.2) is 0 Å². The summed E-state index contributed by atoms with van der Waals surface area (Å²) in [6.45, 7) is 1.15. The van der Waals surface area contributed by atoms with Crippen molar-refractivity contribution in [2.75, 3.05) is 0 Å². The van der Waals surface area contributed by atoms with Crippen LogP contribution in [-0.4, -0.2) is 11.1 Å². The number of pyridine rings is 1. The van der Waals surface area contributed by atoms with Gasteiger partial charge in [0.1, 0.15) is 0 Å². The van der Waals surface area contributed by atoms with Gasteiger partial charge in [-0.25, -0.2) is 0 Å². The zero-order valence-electron chi connectivity index (χ0n) is 9.69. The highest BCUT2D eigenvalue weighted by Gasteiger charge is 2.14. The van der Waals surface area contributed by atoms with Crippen LogP contribution in [0.2, 0.25) is 0 Å². The summed E-state index contributed by atoms with van der Waals surface area (Å²) in [5, 5.41) is 0. The highest BCUT2D eigenvalue weighted by atomic mass is 16.5. The predicted molar refractivity (Wildman–Crippen MR) is 63.8 cm³/mol. The molecule has 0 unspecified atom stereocenters. The average molecular weight is 220 g/mol. The molecular formula is C13H20N2O. The van der Waals surface area contributed by atoms with Gasteiger partial charge in [0.25, 0.3) is 0 Å². The van der Waals surface area contributed by atoms with E-state index in [1.54, 1.807) is 6.20 Å². The molecule has 0 atom stereocenters. The van der Waals surface area contributed by atoms with Gasteiger partial charge >= 0.3 is 0 Å². The van der Waals surface area contributed by atoms with E-state index in [0.717, 1.165) is 11.3 Å². The minimum absolute atomic E-state index is 0.444. The number of hydrogen-bond acceptors (Lipinski definition) is 3.